The Balaban J connectivity index is 1.99. The Bertz CT molecular complexity index is 691. The molecule has 2 heterocycles. The molecule has 1 aromatic heterocycles. The monoisotopic (exact) mass is 290 g/mol. The second kappa shape index (κ2) is 4.87. The van der Waals surface area contributed by atoms with Gasteiger partial charge in [-0.1, -0.05) is 11.6 Å². The molecule has 96 valence electrons. The van der Waals surface area contributed by atoms with Gasteiger partial charge < -0.3 is 0 Å². The summed E-state index contributed by atoms with van der Waals surface area (Å²) in [5, 5.41) is 4.69. The maximum absolute atomic E-state index is 12.4. The van der Waals surface area contributed by atoms with E-state index in [0.29, 0.717) is 16.3 Å². The summed E-state index contributed by atoms with van der Waals surface area (Å²) in [5.74, 6) is 0.739. The summed E-state index contributed by atoms with van der Waals surface area (Å²) in [4.78, 5) is 13.4. The molecule has 0 amide bonds. The number of nitrogens with zero attached hydrogens (tertiary/aromatic N) is 2. The molecule has 0 saturated carbocycles. The summed E-state index contributed by atoms with van der Waals surface area (Å²) in [6, 6.07) is 5.46. The molecule has 19 heavy (non-hydrogen) atoms. The molecule has 3 nitrogen and oxygen atoms in total. The summed E-state index contributed by atoms with van der Waals surface area (Å²) < 4.78 is 1.72. The van der Waals surface area contributed by atoms with Crippen LogP contribution in [0.15, 0.2) is 41.1 Å². The third-order valence-corrected chi connectivity index (χ3v) is 4.28. The third-order valence-electron chi connectivity index (χ3n) is 2.93. The van der Waals surface area contributed by atoms with E-state index in [2.05, 4.69) is 5.10 Å². The minimum atomic E-state index is 0.0557. The van der Waals surface area contributed by atoms with Crippen molar-refractivity contribution in [1.82, 2.24) is 9.78 Å². The highest BCUT2D eigenvalue weighted by Crippen LogP contribution is 2.34. The molecule has 0 spiro atoms. The highest BCUT2D eigenvalue weighted by molar-refractivity contribution is 7.99. The minimum absolute atomic E-state index is 0.0557. The molecular formula is C14H11ClN2OS. The summed E-state index contributed by atoms with van der Waals surface area (Å²) in [6.07, 6.45) is 5.53. The van der Waals surface area contributed by atoms with Crippen molar-refractivity contribution >= 4 is 35.2 Å². The van der Waals surface area contributed by atoms with Crippen LogP contribution in [0.3, 0.4) is 0 Å². The smallest absolute Gasteiger partial charge is 0.191 e. The number of hydrogen-bond donors (Lipinski definition) is 0. The Morgan fingerprint density at radius 3 is 3.05 bits per heavy atom. The molecule has 0 atom stereocenters. The third kappa shape index (κ3) is 2.46. The summed E-state index contributed by atoms with van der Waals surface area (Å²) in [6.45, 7) is 0. The van der Waals surface area contributed by atoms with Crippen molar-refractivity contribution in [1.29, 1.82) is 0 Å². The molecule has 0 aliphatic carbocycles. The topological polar surface area (TPSA) is 34.9 Å². The van der Waals surface area contributed by atoms with Gasteiger partial charge in [0.2, 0.25) is 0 Å². The number of fused-ring (bicyclic) bond motifs is 1. The van der Waals surface area contributed by atoms with Crippen molar-refractivity contribution < 1.29 is 4.79 Å². The molecule has 1 aromatic carbocycles. The van der Waals surface area contributed by atoms with Crippen LogP contribution in [0.2, 0.25) is 5.02 Å². The van der Waals surface area contributed by atoms with E-state index >= 15 is 0 Å². The number of hydrogen-bond acceptors (Lipinski definition) is 3. The number of carbonyl (C=O) groups is 1. The highest BCUT2D eigenvalue weighted by atomic mass is 35.5. The lowest BCUT2D eigenvalue weighted by Crippen LogP contribution is -2.12. The predicted octanol–water partition coefficient (Wildman–Crippen LogP) is 3.45. The van der Waals surface area contributed by atoms with Crippen LogP contribution in [0, 0.1) is 0 Å². The van der Waals surface area contributed by atoms with Gasteiger partial charge in [-0.3, -0.25) is 9.48 Å². The molecule has 0 N–H and O–H groups in total. The van der Waals surface area contributed by atoms with E-state index in [4.69, 9.17) is 11.6 Å². The van der Waals surface area contributed by atoms with Gasteiger partial charge in [0, 0.05) is 45.6 Å². The molecule has 0 bridgehead atoms. The van der Waals surface area contributed by atoms with Gasteiger partial charge in [-0.2, -0.15) is 5.10 Å². The lowest BCUT2D eigenvalue weighted by molar-refractivity contribution is 0.103. The molecule has 2 aromatic rings. The number of halogens is 1. The average molecular weight is 291 g/mol. The van der Waals surface area contributed by atoms with E-state index in [1.807, 2.05) is 31.5 Å². The quantitative estimate of drug-likeness (QED) is 0.755. The van der Waals surface area contributed by atoms with E-state index in [1.54, 1.807) is 28.7 Å². The zero-order chi connectivity index (χ0) is 13.4. The number of ketones is 1. The van der Waals surface area contributed by atoms with E-state index in [-0.39, 0.29) is 5.78 Å². The van der Waals surface area contributed by atoms with Crippen LogP contribution in [0.5, 0.6) is 0 Å². The minimum Gasteiger partial charge on any atom is -0.289 e. The van der Waals surface area contributed by atoms with Crippen LogP contribution in [0.1, 0.15) is 15.9 Å². The average Bonchev–Trinajstić information content (AvgIpc) is 2.79. The van der Waals surface area contributed by atoms with Crippen molar-refractivity contribution in [2.24, 2.45) is 7.05 Å². The van der Waals surface area contributed by atoms with Gasteiger partial charge in [-0.15, -0.1) is 11.8 Å². The molecular weight excluding hydrogens is 280 g/mol. The van der Waals surface area contributed by atoms with Crippen LogP contribution in [-0.4, -0.2) is 21.3 Å². The number of aromatic nitrogens is 2. The Hall–Kier alpha value is -1.52. The van der Waals surface area contributed by atoms with Gasteiger partial charge in [0.25, 0.3) is 0 Å². The highest BCUT2D eigenvalue weighted by Gasteiger charge is 2.22. The molecule has 5 heteroatoms. The van der Waals surface area contributed by atoms with Gasteiger partial charge >= 0.3 is 0 Å². The first-order valence-electron chi connectivity index (χ1n) is 5.80. The van der Waals surface area contributed by atoms with E-state index in [0.717, 1.165) is 16.0 Å². The van der Waals surface area contributed by atoms with E-state index in [9.17, 15) is 4.79 Å². The first kappa shape index (κ1) is 12.5. The standard InChI is InChI=1S/C14H11ClN2OS/c1-17-7-9(6-16-17)4-10-8-19-13-3-2-11(15)5-12(13)14(10)18/h2-7H,8H2,1H3/b10-4+. The van der Waals surface area contributed by atoms with Gasteiger partial charge in [-0.25, -0.2) is 0 Å². The van der Waals surface area contributed by atoms with Gasteiger partial charge in [-0.05, 0) is 24.3 Å². The van der Waals surface area contributed by atoms with Crippen LogP contribution in [0.25, 0.3) is 6.08 Å². The van der Waals surface area contributed by atoms with Crippen molar-refractivity contribution in [3.8, 4) is 0 Å². The SMILES string of the molecule is Cn1cc(/C=C2\CSc3ccc(Cl)cc3C2=O)cn1. The number of thioether (sulfide) groups is 1. The Labute approximate surface area is 120 Å². The zero-order valence-corrected chi connectivity index (χ0v) is 11.8. The normalized spacial score (nSPS) is 16.7. The lowest BCUT2D eigenvalue weighted by Gasteiger charge is -2.16. The fourth-order valence-electron chi connectivity index (χ4n) is 2.02. The number of rotatable bonds is 1. The largest absolute Gasteiger partial charge is 0.289 e. The maximum atomic E-state index is 12.4. The summed E-state index contributed by atoms with van der Waals surface area (Å²) in [7, 11) is 1.86. The molecule has 0 radical (unpaired) electrons. The second-order valence-corrected chi connectivity index (χ2v) is 5.83. The van der Waals surface area contributed by atoms with Crippen molar-refractivity contribution in [3.63, 3.8) is 0 Å². The molecule has 1 aliphatic rings. The Morgan fingerprint density at radius 2 is 2.32 bits per heavy atom. The molecule has 3 rings (SSSR count). The zero-order valence-electron chi connectivity index (χ0n) is 10.3. The summed E-state index contributed by atoms with van der Waals surface area (Å²) in [5.41, 5.74) is 2.42. The van der Waals surface area contributed by atoms with Crippen LogP contribution < -0.4 is 0 Å². The van der Waals surface area contributed by atoms with Crippen molar-refractivity contribution in [2.75, 3.05) is 5.75 Å². The van der Waals surface area contributed by atoms with Crippen LogP contribution in [0.4, 0.5) is 0 Å². The van der Waals surface area contributed by atoms with E-state index < -0.39 is 0 Å². The molecule has 0 unspecified atom stereocenters. The molecule has 1 aliphatic heterocycles. The van der Waals surface area contributed by atoms with Gasteiger partial charge in [0.1, 0.15) is 0 Å². The molecule has 0 fully saturated rings. The predicted molar refractivity (Wildman–Crippen MR) is 77.7 cm³/mol. The first-order chi connectivity index (χ1) is 9.13. The molecule has 0 saturated heterocycles. The fraction of sp³-hybridized carbons (Fsp3) is 0.143. The lowest BCUT2D eigenvalue weighted by atomic mass is 10.0. The van der Waals surface area contributed by atoms with Crippen molar-refractivity contribution in [2.45, 2.75) is 4.90 Å². The first-order valence-corrected chi connectivity index (χ1v) is 7.16. The number of Topliss-reactive ketones (excluding diaryl/α,β-unsaturated/α-hetero) is 1. The Morgan fingerprint density at radius 1 is 1.47 bits per heavy atom. The van der Waals surface area contributed by atoms with Crippen LogP contribution in [-0.2, 0) is 7.05 Å². The maximum Gasteiger partial charge on any atom is 0.191 e. The van der Waals surface area contributed by atoms with Gasteiger partial charge in [0.15, 0.2) is 5.78 Å². The van der Waals surface area contributed by atoms with Crippen molar-refractivity contribution in [3.05, 3.63) is 52.3 Å². The summed E-state index contributed by atoms with van der Waals surface area (Å²) >= 11 is 7.62. The van der Waals surface area contributed by atoms with Gasteiger partial charge in [0.05, 0.1) is 6.20 Å². The second-order valence-electron chi connectivity index (χ2n) is 4.38. The number of benzene rings is 1. The number of aryl methyl sites for hydroxylation is 1. The van der Waals surface area contributed by atoms with Crippen LogP contribution >= 0.6 is 23.4 Å². The fourth-order valence-corrected chi connectivity index (χ4v) is 3.19. The number of carbonyl (C=O) groups excluding carboxylic acids is 1. The Kier molecular flexibility index (Phi) is 3.21. The van der Waals surface area contributed by atoms with E-state index in [1.165, 1.54) is 0 Å².